The number of hydrogen-bond donors (Lipinski definition) is 2. The molecule has 0 radical (unpaired) electrons. The van der Waals surface area contributed by atoms with E-state index in [0.29, 0.717) is 36.1 Å². The minimum Gasteiger partial charge on any atom is -0.361 e. The summed E-state index contributed by atoms with van der Waals surface area (Å²) in [5.74, 6) is 1.37. The Labute approximate surface area is 180 Å². The summed E-state index contributed by atoms with van der Waals surface area (Å²) in [5, 5.41) is 7.79. The lowest BCUT2D eigenvalue weighted by Crippen LogP contribution is -2.47. The third kappa shape index (κ3) is 4.35. The van der Waals surface area contributed by atoms with Crippen molar-refractivity contribution in [2.24, 2.45) is 0 Å². The highest BCUT2D eigenvalue weighted by atomic mass is 19.1. The number of carbonyl (C=O) groups excluding carboxylic acids is 1. The molecule has 2 saturated carbocycles. The topological polar surface area (TPSA) is 87.0 Å². The number of nitrogens with one attached hydrogen (secondary N) is 2. The van der Waals surface area contributed by atoms with Crippen molar-refractivity contribution in [3.8, 4) is 0 Å². The molecule has 0 spiro atoms. The molecule has 164 valence electrons. The van der Waals surface area contributed by atoms with Crippen molar-refractivity contribution in [1.29, 1.82) is 0 Å². The Balaban J connectivity index is 1.23. The Morgan fingerprint density at radius 2 is 2.16 bits per heavy atom. The Bertz CT molecular complexity index is 1070. The summed E-state index contributed by atoms with van der Waals surface area (Å²) in [6.07, 6.45) is 6.41. The van der Waals surface area contributed by atoms with Gasteiger partial charge in [0, 0.05) is 37.2 Å². The van der Waals surface area contributed by atoms with Gasteiger partial charge in [-0.15, -0.1) is 0 Å². The standard InChI is InChI=1S/C23H28FN5O2/c1-2-29(23(30)22-26-19-9-8-15(24)10-20(19)27-22)18-5-3-4-16(11-18)25-13-17-12-21(31-28-17)14-6-7-14/h8-10,12,14,16,18,25H,2-7,11,13H2,1H3,(H,26,27)/t16?,18-/m0/s1. The van der Waals surface area contributed by atoms with E-state index in [0.717, 1.165) is 37.1 Å². The predicted molar refractivity (Wildman–Crippen MR) is 114 cm³/mol. The third-order valence-electron chi connectivity index (χ3n) is 6.46. The molecule has 2 aromatic heterocycles. The van der Waals surface area contributed by atoms with Gasteiger partial charge >= 0.3 is 0 Å². The van der Waals surface area contributed by atoms with Gasteiger partial charge in [-0.2, -0.15) is 0 Å². The van der Waals surface area contributed by atoms with Crippen LogP contribution in [-0.4, -0.2) is 44.6 Å². The average Bonchev–Trinajstić information content (AvgIpc) is 3.36. The van der Waals surface area contributed by atoms with Crippen LogP contribution in [0.25, 0.3) is 11.0 Å². The van der Waals surface area contributed by atoms with Crippen LogP contribution in [0.2, 0.25) is 0 Å². The molecule has 2 atom stereocenters. The first-order chi connectivity index (χ1) is 15.1. The van der Waals surface area contributed by atoms with Gasteiger partial charge in [-0.3, -0.25) is 4.79 Å². The SMILES string of the molecule is CCN(C(=O)c1nc2ccc(F)cc2[nH]1)[C@H]1CCCC(NCc2cc(C3CC3)on2)C1. The molecular weight excluding hydrogens is 397 g/mol. The number of imidazole rings is 1. The molecule has 2 aliphatic carbocycles. The van der Waals surface area contributed by atoms with Crippen LogP contribution in [0.4, 0.5) is 4.39 Å². The molecule has 5 rings (SSSR count). The zero-order chi connectivity index (χ0) is 21.4. The van der Waals surface area contributed by atoms with Gasteiger partial charge in [0.05, 0.1) is 16.7 Å². The van der Waals surface area contributed by atoms with Crippen LogP contribution in [-0.2, 0) is 6.54 Å². The smallest absolute Gasteiger partial charge is 0.289 e. The number of H-pyrrole nitrogens is 1. The van der Waals surface area contributed by atoms with Crippen LogP contribution in [0, 0.1) is 5.82 Å². The first-order valence-electron chi connectivity index (χ1n) is 11.3. The highest BCUT2D eigenvalue weighted by molar-refractivity contribution is 5.94. The van der Waals surface area contributed by atoms with Crippen LogP contribution in [0.5, 0.6) is 0 Å². The molecule has 31 heavy (non-hydrogen) atoms. The van der Waals surface area contributed by atoms with E-state index in [2.05, 4.69) is 26.5 Å². The minimum atomic E-state index is -0.347. The Kier molecular flexibility index (Phi) is 5.48. The number of halogens is 1. The average molecular weight is 426 g/mol. The normalized spacial score (nSPS) is 21.5. The van der Waals surface area contributed by atoms with E-state index in [1.54, 1.807) is 6.07 Å². The van der Waals surface area contributed by atoms with E-state index in [9.17, 15) is 9.18 Å². The van der Waals surface area contributed by atoms with Gasteiger partial charge in [0.1, 0.15) is 11.6 Å². The summed E-state index contributed by atoms with van der Waals surface area (Å²) in [4.78, 5) is 22.4. The maximum Gasteiger partial charge on any atom is 0.289 e. The number of fused-ring (bicyclic) bond motifs is 1. The number of rotatable bonds is 7. The molecule has 7 nitrogen and oxygen atoms in total. The lowest BCUT2D eigenvalue weighted by Gasteiger charge is -2.37. The van der Waals surface area contributed by atoms with Gasteiger partial charge in [-0.25, -0.2) is 9.37 Å². The molecular formula is C23H28FN5O2. The van der Waals surface area contributed by atoms with Gasteiger partial charge in [0.25, 0.3) is 5.91 Å². The fourth-order valence-electron chi connectivity index (χ4n) is 4.64. The summed E-state index contributed by atoms with van der Waals surface area (Å²) in [6, 6.07) is 6.85. The molecule has 2 heterocycles. The van der Waals surface area contributed by atoms with Gasteiger partial charge in [-0.1, -0.05) is 5.16 Å². The van der Waals surface area contributed by atoms with Crippen LogP contribution < -0.4 is 5.32 Å². The molecule has 3 aromatic rings. The second-order valence-corrected chi connectivity index (χ2v) is 8.73. The van der Waals surface area contributed by atoms with Crippen molar-refractivity contribution in [1.82, 2.24) is 25.3 Å². The Morgan fingerprint density at radius 3 is 2.97 bits per heavy atom. The fraction of sp³-hybridized carbons (Fsp3) is 0.522. The van der Waals surface area contributed by atoms with Gasteiger partial charge in [0.15, 0.2) is 5.82 Å². The number of hydrogen-bond acceptors (Lipinski definition) is 5. The number of carbonyl (C=O) groups is 1. The zero-order valence-corrected chi connectivity index (χ0v) is 17.7. The number of aromatic nitrogens is 3. The van der Waals surface area contributed by atoms with Crippen molar-refractivity contribution in [2.45, 2.75) is 70.0 Å². The second-order valence-electron chi connectivity index (χ2n) is 8.73. The van der Waals surface area contributed by atoms with E-state index in [1.165, 1.54) is 25.0 Å². The summed E-state index contributed by atoms with van der Waals surface area (Å²) in [7, 11) is 0. The van der Waals surface area contributed by atoms with Crippen LogP contribution in [0.3, 0.4) is 0 Å². The molecule has 1 aromatic carbocycles. The quantitative estimate of drug-likeness (QED) is 0.594. The first kappa shape index (κ1) is 20.2. The molecule has 0 bridgehead atoms. The van der Waals surface area contributed by atoms with Crippen molar-refractivity contribution < 1.29 is 13.7 Å². The maximum atomic E-state index is 13.5. The van der Waals surface area contributed by atoms with Crippen molar-refractivity contribution in [2.75, 3.05) is 6.54 Å². The van der Waals surface area contributed by atoms with E-state index < -0.39 is 0 Å². The molecule has 1 amide bonds. The van der Waals surface area contributed by atoms with E-state index in [4.69, 9.17) is 4.52 Å². The number of amides is 1. The lowest BCUT2D eigenvalue weighted by atomic mass is 9.89. The molecule has 2 N–H and O–H groups in total. The third-order valence-corrected chi connectivity index (χ3v) is 6.46. The highest BCUT2D eigenvalue weighted by Gasteiger charge is 2.31. The second kappa shape index (κ2) is 8.42. The number of nitrogens with zero attached hydrogens (tertiary/aromatic N) is 3. The van der Waals surface area contributed by atoms with Gasteiger partial charge < -0.3 is 19.7 Å². The van der Waals surface area contributed by atoms with Crippen molar-refractivity contribution in [3.63, 3.8) is 0 Å². The highest BCUT2D eigenvalue weighted by Crippen LogP contribution is 2.40. The molecule has 2 fully saturated rings. The predicted octanol–water partition coefficient (Wildman–Crippen LogP) is 4.13. The van der Waals surface area contributed by atoms with Gasteiger partial charge in [-0.05, 0) is 63.6 Å². The van der Waals surface area contributed by atoms with Crippen molar-refractivity contribution in [3.05, 3.63) is 47.4 Å². The monoisotopic (exact) mass is 425 g/mol. The summed E-state index contributed by atoms with van der Waals surface area (Å²) < 4.78 is 18.9. The van der Waals surface area contributed by atoms with Crippen molar-refractivity contribution >= 4 is 16.9 Å². The van der Waals surface area contributed by atoms with Gasteiger partial charge in [0.2, 0.25) is 0 Å². The lowest BCUT2D eigenvalue weighted by molar-refractivity contribution is 0.0617. The largest absolute Gasteiger partial charge is 0.361 e. The number of aromatic amines is 1. The zero-order valence-electron chi connectivity index (χ0n) is 17.7. The molecule has 2 aliphatic rings. The van der Waals surface area contributed by atoms with E-state index in [-0.39, 0.29) is 23.6 Å². The maximum absolute atomic E-state index is 13.5. The summed E-state index contributed by atoms with van der Waals surface area (Å²) >= 11 is 0. The first-order valence-corrected chi connectivity index (χ1v) is 11.3. The Hall–Kier alpha value is -2.74. The van der Waals surface area contributed by atoms with E-state index >= 15 is 0 Å². The van der Waals surface area contributed by atoms with Crippen LogP contribution in [0.15, 0.2) is 28.8 Å². The van der Waals surface area contributed by atoms with Crippen LogP contribution >= 0.6 is 0 Å². The Morgan fingerprint density at radius 1 is 1.29 bits per heavy atom. The molecule has 0 aliphatic heterocycles. The fourth-order valence-corrected chi connectivity index (χ4v) is 4.64. The number of benzene rings is 1. The minimum absolute atomic E-state index is 0.129. The molecule has 1 unspecified atom stereocenters. The molecule has 8 heteroatoms. The van der Waals surface area contributed by atoms with E-state index in [1.807, 2.05) is 11.8 Å². The summed E-state index contributed by atoms with van der Waals surface area (Å²) in [6.45, 7) is 3.28. The summed E-state index contributed by atoms with van der Waals surface area (Å²) in [5.41, 5.74) is 2.09. The molecule has 0 saturated heterocycles. The van der Waals surface area contributed by atoms with Crippen LogP contribution in [0.1, 0.15) is 73.4 Å².